The predicted molar refractivity (Wildman–Crippen MR) is 188 cm³/mol. The van der Waals surface area contributed by atoms with Crippen LogP contribution < -0.4 is 14.4 Å². The summed E-state index contributed by atoms with van der Waals surface area (Å²) in [5.41, 5.74) is 1.52. The molecule has 47 heavy (non-hydrogen) atoms. The number of nitrogens with one attached hydrogen (secondary N) is 1. The number of rotatable bonds is 14. The van der Waals surface area contributed by atoms with Crippen LogP contribution in [0.2, 0.25) is 15.1 Å². The second-order valence-electron chi connectivity index (χ2n) is 10.9. The first-order valence-electron chi connectivity index (χ1n) is 14.9. The summed E-state index contributed by atoms with van der Waals surface area (Å²) in [5.74, 6) is -0.543. The highest BCUT2D eigenvalue weighted by Gasteiger charge is 2.35. The topological polar surface area (TPSA) is 96.0 Å². The molecule has 1 N–H and O–H groups in total. The van der Waals surface area contributed by atoms with Gasteiger partial charge in [0.05, 0.1) is 17.7 Å². The van der Waals surface area contributed by atoms with Gasteiger partial charge in [-0.15, -0.1) is 0 Å². The van der Waals surface area contributed by atoms with E-state index < -0.39 is 28.5 Å². The molecule has 0 aromatic heterocycles. The molecule has 0 saturated carbocycles. The van der Waals surface area contributed by atoms with Crippen LogP contribution >= 0.6 is 34.8 Å². The smallest absolute Gasteiger partial charge is 0.264 e. The Morgan fingerprint density at radius 1 is 0.872 bits per heavy atom. The number of hydrogen-bond donors (Lipinski definition) is 1. The van der Waals surface area contributed by atoms with Crippen molar-refractivity contribution in [2.75, 3.05) is 18.0 Å². The summed E-state index contributed by atoms with van der Waals surface area (Å²) in [5, 5.41) is 3.99. The molecule has 4 aromatic carbocycles. The van der Waals surface area contributed by atoms with Crippen LogP contribution in [0.3, 0.4) is 0 Å². The Morgan fingerprint density at radius 2 is 1.55 bits per heavy atom. The number of carbonyl (C=O) groups excluding carboxylic acids is 2. The molecular formula is C35H36Cl3N3O5S. The highest BCUT2D eigenvalue weighted by atomic mass is 35.5. The largest absolute Gasteiger partial charge is 0.497 e. The van der Waals surface area contributed by atoms with Crippen LogP contribution in [0.1, 0.15) is 31.4 Å². The Bertz CT molecular complexity index is 1790. The van der Waals surface area contributed by atoms with E-state index in [4.69, 9.17) is 39.5 Å². The van der Waals surface area contributed by atoms with Crippen LogP contribution in [0.4, 0.5) is 5.69 Å². The normalized spacial score (nSPS) is 12.6. The summed E-state index contributed by atoms with van der Waals surface area (Å²) in [4.78, 5) is 29.8. The maximum absolute atomic E-state index is 14.6. The van der Waals surface area contributed by atoms with Crippen LogP contribution in [-0.2, 0) is 32.6 Å². The predicted octanol–water partition coefficient (Wildman–Crippen LogP) is 7.41. The van der Waals surface area contributed by atoms with E-state index in [0.29, 0.717) is 27.8 Å². The third-order valence-electron chi connectivity index (χ3n) is 7.65. The number of benzene rings is 4. The molecule has 0 aliphatic carbocycles. The third kappa shape index (κ3) is 9.41. The minimum Gasteiger partial charge on any atom is -0.497 e. The highest BCUT2D eigenvalue weighted by molar-refractivity contribution is 7.92. The van der Waals surface area contributed by atoms with Crippen molar-refractivity contribution in [1.82, 2.24) is 10.2 Å². The van der Waals surface area contributed by atoms with Gasteiger partial charge in [0.2, 0.25) is 11.8 Å². The van der Waals surface area contributed by atoms with E-state index in [2.05, 4.69) is 5.32 Å². The molecule has 0 fully saturated rings. The number of nitrogens with zero attached hydrogens (tertiary/aromatic N) is 2. The Balaban J connectivity index is 1.83. The van der Waals surface area contributed by atoms with E-state index in [1.54, 1.807) is 36.4 Å². The lowest BCUT2D eigenvalue weighted by Crippen LogP contribution is -2.54. The number of methoxy groups -OCH3 is 1. The standard InChI is InChI=1S/C35H36Cl3N3O5S/c1-4-24(2)39-35(43)33(19-25-9-6-5-7-10-25)40(22-26-13-14-28(37)21-32(26)38)34(42)23-41(29-12-8-11-27(36)20-29)47(44,45)31-17-15-30(46-3)16-18-31/h5-18,20-21,24,33H,4,19,22-23H2,1-3H3,(H,39,43). The van der Waals surface area contributed by atoms with E-state index in [0.717, 1.165) is 9.87 Å². The van der Waals surface area contributed by atoms with Crippen molar-refractivity contribution in [2.45, 2.75) is 50.2 Å². The van der Waals surface area contributed by atoms with Crippen molar-refractivity contribution in [2.24, 2.45) is 0 Å². The third-order valence-corrected chi connectivity index (χ3v) is 10.3. The van der Waals surface area contributed by atoms with Crippen molar-refractivity contribution in [3.63, 3.8) is 0 Å². The van der Waals surface area contributed by atoms with Gasteiger partial charge in [-0.05, 0) is 79.1 Å². The lowest BCUT2D eigenvalue weighted by Gasteiger charge is -2.34. The van der Waals surface area contributed by atoms with Gasteiger partial charge >= 0.3 is 0 Å². The zero-order valence-corrected chi connectivity index (χ0v) is 29.3. The molecule has 2 unspecified atom stereocenters. The number of carbonyl (C=O) groups is 2. The monoisotopic (exact) mass is 715 g/mol. The van der Waals surface area contributed by atoms with E-state index in [1.807, 2.05) is 44.2 Å². The molecule has 248 valence electrons. The first-order chi connectivity index (χ1) is 22.4. The van der Waals surface area contributed by atoms with Crippen molar-refractivity contribution in [3.05, 3.63) is 123 Å². The number of anilines is 1. The van der Waals surface area contributed by atoms with E-state index in [1.165, 1.54) is 42.3 Å². The minimum atomic E-state index is -4.31. The van der Waals surface area contributed by atoms with E-state index in [-0.39, 0.29) is 40.5 Å². The molecule has 8 nitrogen and oxygen atoms in total. The molecule has 2 amide bonds. The van der Waals surface area contributed by atoms with Gasteiger partial charge in [-0.1, -0.05) is 84.2 Å². The van der Waals surface area contributed by atoms with Crippen LogP contribution in [0, 0.1) is 0 Å². The van der Waals surface area contributed by atoms with Crippen molar-refractivity contribution >= 4 is 62.3 Å². The Labute approximate surface area is 291 Å². The van der Waals surface area contributed by atoms with Gasteiger partial charge in [-0.25, -0.2) is 8.42 Å². The fourth-order valence-corrected chi connectivity index (χ4v) is 6.92. The molecule has 2 atom stereocenters. The minimum absolute atomic E-state index is 0.0614. The van der Waals surface area contributed by atoms with Crippen molar-refractivity contribution in [1.29, 1.82) is 0 Å². The van der Waals surface area contributed by atoms with Gasteiger partial charge in [-0.3, -0.25) is 13.9 Å². The SMILES string of the molecule is CCC(C)NC(=O)C(Cc1ccccc1)N(Cc1ccc(Cl)cc1Cl)C(=O)CN(c1cccc(Cl)c1)S(=O)(=O)c1ccc(OC)cc1. The highest BCUT2D eigenvalue weighted by Crippen LogP contribution is 2.29. The molecule has 0 aliphatic heterocycles. The van der Waals surface area contributed by atoms with E-state index >= 15 is 0 Å². The van der Waals surface area contributed by atoms with E-state index in [9.17, 15) is 18.0 Å². The van der Waals surface area contributed by atoms with Gasteiger partial charge in [0.15, 0.2) is 0 Å². The molecule has 0 radical (unpaired) electrons. The molecule has 0 aliphatic rings. The summed E-state index contributed by atoms with van der Waals surface area (Å²) < 4.78 is 34.6. The summed E-state index contributed by atoms with van der Waals surface area (Å²) >= 11 is 19.0. The Kier molecular flexibility index (Phi) is 12.6. The lowest BCUT2D eigenvalue weighted by atomic mass is 10.0. The first kappa shape index (κ1) is 36.1. The molecule has 0 bridgehead atoms. The van der Waals surface area contributed by atoms with Gasteiger partial charge < -0.3 is 15.0 Å². The summed E-state index contributed by atoms with van der Waals surface area (Å²) in [6.07, 6.45) is 0.839. The molecule has 4 rings (SSSR count). The van der Waals surface area contributed by atoms with Crippen LogP contribution in [0.5, 0.6) is 5.75 Å². The molecular weight excluding hydrogens is 681 g/mol. The van der Waals surface area contributed by atoms with Crippen LogP contribution in [0.15, 0.2) is 102 Å². The Hall–Kier alpha value is -3.76. The summed E-state index contributed by atoms with van der Waals surface area (Å²) in [7, 11) is -2.83. The quantitative estimate of drug-likeness (QED) is 0.147. The molecule has 12 heteroatoms. The van der Waals surface area contributed by atoms with Crippen LogP contribution in [-0.4, -0.2) is 50.9 Å². The second-order valence-corrected chi connectivity index (χ2v) is 14.1. The summed E-state index contributed by atoms with van der Waals surface area (Å²) in [6.45, 7) is 3.09. The maximum atomic E-state index is 14.6. The first-order valence-corrected chi connectivity index (χ1v) is 17.5. The summed E-state index contributed by atoms with van der Waals surface area (Å²) in [6, 6.07) is 25.1. The number of amides is 2. The van der Waals surface area contributed by atoms with Crippen molar-refractivity contribution < 1.29 is 22.7 Å². The van der Waals surface area contributed by atoms with Gasteiger partial charge in [-0.2, -0.15) is 0 Å². The van der Waals surface area contributed by atoms with Crippen molar-refractivity contribution in [3.8, 4) is 5.75 Å². The average Bonchev–Trinajstić information content (AvgIpc) is 3.06. The Morgan fingerprint density at radius 3 is 2.17 bits per heavy atom. The second kappa shape index (κ2) is 16.4. The zero-order valence-electron chi connectivity index (χ0n) is 26.2. The van der Waals surface area contributed by atoms with Crippen LogP contribution in [0.25, 0.3) is 0 Å². The maximum Gasteiger partial charge on any atom is 0.264 e. The number of halogens is 3. The fourth-order valence-electron chi connectivity index (χ4n) is 4.86. The molecule has 4 aromatic rings. The zero-order chi connectivity index (χ0) is 34.1. The number of sulfonamides is 1. The lowest BCUT2D eigenvalue weighted by molar-refractivity contribution is -0.140. The van der Waals surface area contributed by atoms with Gasteiger partial charge in [0, 0.05) is 34.1 Å². The number of ether oxygens (including phenoxy) is 1. The molecule has 0 heterocycles. The number of hydrogen-bond acceptors (Lipinski definition) is 5. The average molecular weight is 717 g/mol. The molecule has 0 saturated heterocycles. The van der Waals surface area contributed by atoms with Gasteiger partial charge in [0.1, 0.15) is 18.3 Å². The van der Waals surface area contributed by atoms with Gasteiger partial charge in [0.25, 0.3) is 10.0 Å². The molecule has 0 spiro atoms. The fraction of sp³-hybridized carbons (Fsp3) is 0.257.